The number of hydrogen-bond acceptors (Lipinski definition) is 6. The Morgan fingerprint density at radius 2 is 2.16 bits per heavy atom. The van der Waals surface area contributed by atoms with Crippen molar-refractivity contribution in [3.63, 3.8) is 0 Å². The van der Waals surface area contributed by atoms with Gasteiger partial charge in [-0.05, 0) is 25.5 Å². The van der Waals surface area contributed by atoms with E-state index in [-0.39, 0.29) is 17.7 Å². The molecule has 6 heteroatoms. The van der Waals surface area contributed by atoms with Gasteiger partial charge in [0.2, 0.25) is 0 Å². The summed E-state index contributed by atoms with van der Waals surface area (Å²) in [6.07, 6.45) is 5.07. The molecule has 0 bridgehead atoms. The average Bonchev–Trinajstić information content (AvgIpc) is 3.07. The Balaban J connectivity index is 1.94. The van der Waals surface area contributed by atoms with Crippen molar-refractivity contribution in [1.82, 2.24) is 0 Å². The van der Waals surface area contributed by atoms with Gasteiger partial charge < -0.3 is 16.4 Å². The van der Waals surface area contributed by atoms with Crippen LogP contribution >= 0.6 is 23.1 Å². The van der Waals surface area contributed by atoms with Crippen LogP contribution < -0.4 is 16.4 Å². The highest BCUT2D eigenvalue weighted by Gasteiger charge is 2.35. The third-order valence-corrected chi connectivity index (χ3v) is 6.00. The van der Waals surface area contributed by atoms with Crippen molar-refractivity contribution >= 4 is 39.6 Å². The molecule has 2 heterocycles. The average molecular weight is 297 g/mol. The van der Waals surface area contributed by atoms with E-state index in [9.17, 15) is 4.79 Å². The fraction of sp³-hybridized carbons (Fsp3) is 0.615. The van der Waals surface area contributed by atoms with Crippen LogP contribution in [0.25, 0.3) is 0 Å². The van der Waals surface area contributed by atoms with Crippen molar-refractivity contribution in [2.24, 2.45) is 11.7 Å². The minimum absolute atomic E-state index is 0.226. The Bertz CT molecular complexity index is 510. The number of nitrogen functional groups attached to an aromatic ring is 1. The molecule has 2 fully saturated rings. The lowest BCUT2D eigenvalue weighted by molar-refractivity contribution is 0.0972. The molecule has 3 rings (SSSR count). The van der Waals surface area contributed by atoms with Crippen LogP contribution in [0.5, 0.6) is 0 Å². The number of thioether (sulfide) groups is 1. The summed E-state index contributed by atoms with van der Waals surface area (Å²) in [4.78, 5) is 16.4. The number of carbonyl (C=O) groups excluding carboxylic acids is 1. The number of Topliss-reactive ketones (excluding diaryl/α,β-unsaturated/α-hetero) is 1. The maximum absolute atomic E-state index is 12.3. The van der Waals surface area contributed by atoms with Crippen LogP contribution in [0.3, 0.4) is 0 Å². The number of thiophene rings is 1. The van der Waals surface area contributed by atoms with Crippen molar-refractivity contribution in [2.75, 3.05) is 30.0 Å². The van der Waals surface area contributed by atoms with Crippen LogP contribution in [-0.2, 0) is 0 Å². The van der Waals surface area contributed by atoms with Gasteiger partial charge in [0.05, 0.1) is 15.5 Å². The summed E-state index contributed by atoms with van der Waals surface area (Å²) in [5, 5.41) is 1.14. The highest BCUT2D eigenvalue weighted by molar-refractivity contribution is 7.99. The topological polar surface area (TPSA) is 72.3 Å². The Kier molecular flexibility index (Phi) is 3.49. The van der Waals surface area contributed by atoms with Crippen LogP contribution in [0.1, 0.15) is 28.9 Å². The largest absolute Gasteiger partial charge is 0.396 e. The highest BCUT2D eigenvalue weighted by atomic mass is 32.2. The Morgan fingerprint density at radius 1 is 1.42 bits per heavy atom. The molecule has 1 saturated carbocycles. The fourth-order valence-electron chi connectivity index (χ4n) is 2.51. The van der Waals surface area contributed by atoms with Crippen LogP contribution in [0.4, 0.5) is 10.7 Å². The van der Waals surface area contributed by atoms with Gasteiger partial charge in [0.1, 0.15) is 5.00 Å². The molecule has 2 aliphatic rings. The minimum Gasteiger partial charge on any atom is -0.396 e. The molecule has 0 radical (unpaired) electrons. The van der Waals surface area contributed by atoms with E-state index < -0.39 is 0 Å². The van der Waals surface area contributed by atoms with Gasteiger partial charge in [-0.2, -0.15) is 0 Å². The molecule has 1 aromatic rings. The predicted molar refractivity (Wildman–Crippen MR) is 82.4 cm³/mol. The number of ketones is 1. The zero-order valence-corrected chi connectivity index (χ0v) is 12.6. The van der Waals surface area contributed by atoms with E-state index in [1.807, 2.05) is 6.26 Å². The van der Waals surface area contributed by atoms with Crippen LogP contribution in [-0.4, -0.2) is 31.2 Å². The number of hydrogen-bond donors (Lipinski definition) is 2. The van der Waals surface area contributed by atoms with Gasteiger partial charge in [-0.3, -0.25) is 4.79 Å². The molecule has 4 nitrogen and oxygen atoms in total. The number of nitrogens with two attached hydrogens (primary N) is 2. The van der Waals surface area contributed by atoms with Gasteiger partial charge in [-0.1, -0.05) is 0 Å². The summed E-state index contributed by atoms with van der Waals surface area (Å²) in [6.45, 7) is 1.83. The van der Waals surface area contributed by atoms with Crippen LogP contribution in [0, 0.1) is 5.92 Å². The van der Waals surface area contributed by atoms with Crippen molar-refractivity contribution in [3.8, 4) is 0 Å². The summed E-state index contributed by atoms with van der Waals surface area (Å²) < 4.78 is 0. The quantitative estimate of drug-likeness (QED) is 0.658. The lowest BCUT2D eigenvalue weighted by Crippen LogP contribution is -2.26. The van der Waals surface area contributed by atoms with E-state index in [1.165, 1.54) is 0 Å². The first-order valence-corrected chi connectivity index (χ1v) is 8.67. The molecule has 0 aromatic carbocycles. The van der Waals surface area contributed by atoms with Gasteiger partial charge in [0.15, 0.2) is 5.78 Å². The second-order valence-electron chi connectivity index (χ2n) is 5.32. The molecule has 0 amide bonds. The summed E-state index contributed by atoms with van der Waals surface area (Å²) in [5.41, 5.74) is 12.9. The van der Waals surface area contributed by atoms with Gasteiger partial charge in [0, 0.05) is 25.0 Å². The molecule has 4 N–H and O–H groups in total. The van der Waals surface area contributed by atoms with Crippen molar-refractivity contribution in [3.05, 3.63) is 4.88 Å². The van der Waals surface area contributed by atoms with E-state index in [1.54, 1.807) is 23.1 Å². The number of anilines is 2. The van der Waals surface area contributed by atoms with Gasteiger partial charge in [-0.25, -0.2) is 0 Å². The molecular weight excluding hydrogens is 278 g/mol. The summed E-state index contributed by atoms with van der Waals surface area (Å²) in [6, 6.07) is 0.237. The number of rotatable bonds is 4. The molecule has 19 heavy (non-hydrogen) atoms. The molecule has 1 atom stereocenters. The van der Waals surface area contributed by atoms with Crippen LogP contribution in [0.15, 0.2) is 4.90 Å². The highest BCUT2D eigenvalue weighted by Crippen LogP contribution is 2.47. The maximum Gasteiger partial charge on any atom is 0.178 e. The first kappa shape index (κ1) is 13.3. The van der Waals surface area contributed by atoms with Crippen molar-refractivity contribution < 1.29 is 4.79 Å². The number of carbonyl (C=O) groups is 1. The second kappa shape index (κ2) is 5.00. The van der Waals surface area contributed by atoms with E-state index in [4.69, 9.17) is 11.5 Å². The zero-order valence-electron chi connectivity index (χ0n) is 11.0. The summed E-state index contributed by atoms with van der Waals surface area (Å²) in [7, 11) is 0. The van der Waals surface area contributed by atoms with Crippen molar-refractivity contribution in [2.45, 2.75) is 30.2 Å². The lowest BCUT2D eigenvalue weighted by atomic mass is 10.2. The Hall–Kier alpha value is -0.720. The smallest absolute Gasteiger partial charge is 0.178 e. The molecular formula is C13H19N3OS2. The Labute approximate surface area is 121 Å². The Morgan fingerprint density at radius 3 is 2.68 bits per heavy atom. The lowest BCUT2D eigenvalue weighted by Gasteiger charge is -2.17. The number of nitrogens with zero attached hydrogens (tertiary/aromatic N) is 1. The standard InChI is InChI=1S/C13H19N3OS2/c1-18-12-9(15)11(10(17)7-2-3-7)19-13(12)16-5-4-8(14)6-16/h7-8H,2-6,14-15H2,1H3. The predicted octanol–water partition coefficient (Wildman–Crippen LogP) is 2.18. The monoisotopic (exact) mass is 297 g/mol. The van der Waals surface area contributed by atoms with Gasteiger partial charge in [0.25, 0.3) is 0 Å². The molecule has 1 unspecified atom stereocenters. The van der Waals surface area contributed by atoms with E-state index in [0.717, 1.165) is 47.1 Å². The molecule has 0 spiro atoms. The maximum atomic E-state index is 12.3. The van der Waals surface area contributed by atoms with Gasteiger partial charge in [-0.15, -0.1) is 23.1 Å². The minimum atomic E-state index is 0.226. The van der Waals surface area contributed by atoms with Crippen molar-refractivity contribution in [1.29, 1.82) is 0 Å². The molecule has 1 aromatic heterocycles. The third kappa shape index (κ3) is 2.37. The fourth-order valence-corrected chi connectivity index (χ4v) is 4.74. The molecule has 1 saturated heterocycles. The van der Waals surface area contributed by atoms with Crippen LogP contribution in [0.2, 0.25) is 0 Å². The first-order valence-electron chi connectivity index (χ1n) is 6.62. The zero-order chi connectivity index (χ0) is 13.6. The van der Waals surface area contributed by atoms with E-state index >= 15 is 0 Å². The first-order chi connectivity index (χ1) is 9.11. The SMILES string of the molecule is CSc1c(N2CCC(N)C2)sc(C(=O)C2CC2)c1N. The normalized spacial score (nSPS) is 23.1. The van der Waals surface area contributed by atoms with E-state index in [2.05, 4.69) is 4.90 Å². The van der Waals surface area contributed by atoms with E-state index in [0.29, 0.717) is 5.69 Å². The summed E-state index contributed by atoms with van der Waals surface area (Å²) in [5.74, 6) is 0.469. The van der Waals surface area contributed by atoms with Gasteiger partial charge >= 0.3 is 0 Å². The molecule has 1 aliphatic carbocycles. The summed E-state index contributed by atoms with van der Waals surface area (Å²) >= 11 is 3.19. The molecule has 1 aliphatic heterocycles. The third-order valence-electron chi connectivity index (χ3n) is 3.77. The molecule has 104 valence electrons. The second-order valence-corrected chi connectivity index (χ2v) is 7.13.